The Bertz CT molecular complexity index is 1460. The van der Waals surface area contributed by atoms with E-state index in [1.807, 2.05) is 0 Å². The molecule has 0 spiro atoms. The van der Waals surface area contributed by atoms with E-state index in [1.54, 1.807) is 10.9 Å². The molecule has 0 radical (unpaired) electrons. The van der Waals surface area contributed by atoms with Crippen LogP contribution in [0.4, 0.5) is 24.0 Å². The van der Waals surface area contributed by atoms with Gasteiger partial charge in [-0.3, -0.25) is 14.9 Å². The summed E-state index contributed by atoms with van der Waals surface area (Å²) < 4.78 is 43.4. The molecule has 0 saturated heterocycles. The summed E-state index contributed by atoms with van der Waals surface area (Å²) >= 11 is 0.727. The molecule has 1 aliphatic rings. The number of ether oxygens (including phenoxy) is 1. The SMILES string of the molecule is O=C(Nc1nc(-c2ccc(OC(F)(F)F)cc2)nc2c1cnn2C1CCCCC1)c1ccc([N+](=O)[O-])s1. The van der Waals surface area contributed by atoms with Gasteiger partial charge in [0.1, 0.15) is 11.6 Å². The molecule has 1 saturated carbocycles. The van der Waals surface area contributed by atoms with E-state index >= 15 is 0 Å². The number of carbonyl (C=O) groups is 1. The van der Waals surface area contributed by atoms with Gasteiger partial charge >= 0.3 is 11.4 Å². The molecule has 4 aromatic rings. The summed E-state index contributed by atoms with van der Waals surface area (Å²) in [4.78, 5) is 32.5. The molecule has 0 aliphatic heterocycles. The Morgan fingerprint density at radius 2 is 1.84 bits per heavy atom. The van der Waals surface area contributed by atoms with Crippen molar-refractivity contribution in [1.82, 2.24) is 19.7 Å². The standard InChI is InChI=1S/C23H19F3N6O4S/c24-23(25,26)36-15-8-6-13(7-9-15)19-28-20(30-22(33)17-10-11-18(37-17)32(34)35)16-12-27-31(21(16)29-19)14-4-2-1-3-5-14/h6-12,14H,1-5H2,(H,28,29,30,33). The number of hydrogen-bond donors (Lipinski definition) is 1. The second-order valence-electron chi connectivity index (χ2n) is 8.44. The van der Waals surface area contributed by atoms with Crippen LogP contribution in [0.5, 0.6) is 5.75 Å². The van der Waals surface area contributed by atoms with E-state index < -0.39 is 22.9 Å². The van der Waals surface area contributed by atoms with E-state index in [1.165, 1.54) is 24.3 Å². The van der Waals surface area contributed by atoms with Crippen LogP contribution in [0, 0.1) is 10.1 Å². The van der Waals surface area contributed by atoms with Crippen molar-refractivity contribution >= 4 is 39.1 Å². The first-order chi connectivity index (χ1) is 17.7. The van der Waals surface area contributed by atoms with Crippen molar-refractivity contribution in [2.75, 3.05) is 5.32 Å². The summed E-state index contributed by atoms with van der Waals surface area (Å²) in [6.45, 7) is 0. The molecule has 1 fully saturated rings. The van der Waals surface area contributed by atoms with Gasteiger partial charge in [0.05, 0.1) is 27.4 Å². The van der Waals surface area contributed by atoms with Gasteiger partial charge in [-0.05, 0) is 43.2 Å². The molecule has 192 valence electrons. The predicted octanol–water partition coefficient (Wildman–Crippen LogP) is 6.12. The maximum Gasteiger partial charge on any atom is 0.573 e. The van der Waals surface area contributed by atoms with E-state index in [0.717, 1.165) is 55.6 Å². The van der Waals surface area contributed by atoms with Gasteiger partial charge in [0.2, 0.25) is 0 Å². The van der Waals surface area contributed by atoms with Crippen LogP contribution in [-0.4, -0.2) is 36.9 Å². The number of benzene rings is 1. The molecule has 14 heteroatoms. The van der Waals surface area contributed by atoms with Crippen molar-refractivity contribution in [3.63, 3.8) is 0 Å². The van der Waals surface area contributed by atoms with Crippen LogP contribution in [0.3, 0.4) is 0 Å². The van der Waals surface area contributed by atoms with Crippen LogP contribution in [0.1, 0.15) is 47.8 Å². The predicted molar refractivity (Wildman–Crippen MR) is 128 cm³/mol. The molecule has 3 heterocycles. The summed E-state index contributed by atoms with van der Waals surface area (Å²) in [6.07, 6.45) is 1.80. The minimum atomic E-state index is -4.82. The van der Waals surface area contributed by atoms with Gasteiger partial charge in [0.15, 0.2) is 11.5 Å². The lowest BCUT2D eigenvalue weighted by atomic mass is 9.96. The summed E-state index contributed by atoms with van der Waals surface area (Å²) in [6, 6.07) is 7.78. The van der Waals surface area contributed by atoms with Crippen molar-refractivity contribution in [2.45, 2.75) is 44.5 Å². The zero-order chi connectivity index (χ0) is 26.2. The van der Waals surface area contributed by atoms with E-state index in [9.17, 15) is 28.1 Å². The van der Waals surface area contributed by atoms with Crippen LogP contribution in [0.15, 0.2) is 42.6 Å². The van der Waals surface area contributed by atoms with Crippen LogP contribution >= 0.6 is 11.3 Å². The lowest BCUT2D eigenvalue weighted by Crippen LogP contribution is -2.17. The smallest absolute Gasteiger partial charge is 0.406 e. The largest absolute Gasteiger partial charge is 0.573 e. The molecule has 1 N–H and O–H groups in total. The first kappa shape index (κ1) is 24.6. The maximum atomic E-state index is 12.9. The van der Waals surface area contributed by atoms with Gasteiger partial charge in [0, 0.05) is 11.6 Å². The highest BCUT2D eigenvalue weighted by atomic mass is 32.1. The van der Waals surface area contributed by atoms with E-state index in [4.69, 9.17) is 0 Å². The normalized spacial score (nSPS) is 14.6. The summed E-state index contributed by atoms with van der Waals surface area (Å²) in [7, 11) is 0. The van der Waals surface area contributed by atoms with Gasteiger partial charge in [-0.1, -0.05) is 30.6 Å². The average molecular weight is 533 g/mol. The highest BCUT2D eigenvalue weighted by molar-refractivity contribution is 7.17. The van der Waals surface area contributed by atoms with Crippen molar-refractivity contribution in [1.29, 1.82) is 0 Å². The molecule has 0 atom stereocenters. The fraction of sp³-hybridized carbons (Fsp3) is 0.304. The van der Waals surface area contributed by atoms with Gasteiger partial charge in [-0.25, -0.2) is 14.6 Å². The minimum Gasteiger partial charge on any atom is -0.406 e. The molecule has 1 aliphatic carbocycles. The number of nitrogens with one attached hydrogen (secondary N) is 1. The third-order valence-corrected chi connectivity index (χ3v) is 6.98. The number of halogens is 3. The van der Waals surface area contributed by atoms with Crippen LogP contribution in [0.2, 0.25) is 0 Å². The molecule has 3 aromatic heterocycles. The maximum absolute atomic E-state index is 12.9. The van der Waals surface area contributed by atoms with Crippen molar-refractivity contribution in [3.8, 4) is 17.1 Å². The third kappa shape index (κ3) is 5.38. The minimum absolute atomic E-state index is 0.111. The molecule has 0 unspecified atom stereocenters. The Balaban J connectivity index is 1.54. The quantitative estimate of drug-likeness (QED) is 0.234. The Morgan fingerprint density at radius 3 is 2.49 bits per heavy atom. The number of thiophene rings is 1. The topological polar surface area (TPSA) is 125 Å². The van der Waals surface area contributed by atoms with Gasteiger partial charge < -0.3 is 10.1 Å². The molecule has 10 nitrogen and oxygen atoms in total. The number of nitro groups is 1. The number of alkyl halides is 3. The number of nitrogens with zero attached hydrogens (tertiary/aromatic N) is 5. The van der Waals surface area contributed by atoms with Crippen LogP contribution < -0.4 is 10.1 Å². The summed E-state index contributed by atoms with van der Waals surface area (Å²) in [5.41, 5.74) is 0.870. The first-order valence-electron chi connectivity index (χ1n) is 11.3. The number of rotatable bonds is 6. The molecular weight excluding hydrogens is 513 g/mol. The highest BCUT2D eigenvalue weighted by Crippen LogP contribution is 2.34. The summed E-state index contributed by atoms with van der Waals surface area (Å²) in [5, 5.41) is 18.5. The fourth-order valence-corrected chi connectivity index (χ4v) is 4.98. The second-order valence-corrected chi connectivity index (χ2v) is 9.50. The molecular formula is C23H19F3N6O4S. The lowest BCUT2D eigenvalue weighted by Gasteiger charge is -2.22. The first-order valence-corrected chi connectivity index (χ1v) is 12.2. The Labute approximate surface area is 211 Å². The zero-order valence-corrected chi connectivity index (χ0v) is 19.9. The lowest BCUT2D eigenvalue weighted by molar-refractivity contribution is -0.380. The molecule has 0 bridgehead atoms. The van der Waals surface area contributed by atoms with Gasteiger partial charge in [-0.15, -0.1) is 13.2 Å². The molecule has 1 amide bonds. The van der Waals surface area contributed by atoms with Crippen molar-refractivity contribution in [3.05, 3.63) is 57.6 Å². The van der Waals surface area contributed by atoms with E-state index in [0.29, 0.717) is 16.6 Å². The fourth-order valence-electron chi connectivity index (χ4n) is 4.27. The molecule has 5 rings (SSSR count). The highest BCUT2D eigenvalue weighted by Gasteiger charge is 2.31. The average Bonchev–Trinajstić information content (AvgIpc) is 3.52. The Morgan fingerprint density at radius 1 is 1.11 bits per heavy atom. The van der Waals surface area contributed by atoms with Crippen molar-refractivity contribution < 1.29 is 27.6 Å². The molecule has 1 aromatic carbocycles. The number of fused-ring (bicyclic) bond motifs is 1. The van der Waals surface area contributed by atoms with Crippen molar-refractivity contribution in [2.24, 2.45) is 0 Å². The van der Waals surface area contributed by atoms with Crippen LogP contribution in [0.25, 0.3) is 22.4 Å². The number of amides is 1. The zero-order valence-electron chi connectivity index (χ0n) is 19.1. The third-order valence-electron chi connectivity index (χ3n) is 5.95. The van der Waals surface area contributed by atoms with E-state index in [2.05, 4.69) is 25.1 Å². The number of hydrogen-bond acceptors (Lipinski definition) is 8. The Kier molecular flexibility index (Phi) is 6.50. The van der Waals surface area contributed by atoms with Gasteiger partial charge in [-0.2, -0.15) is 5.10 Å². The van der Waals surface area contributed by atoms with Gasteiger partial charge in [0.25, 0.3) is 5.91 Å². The summed E-state index contributed by atoms with van der Waals surface area (Å²) in [5.74, 6) is -0.685. The van der Waals surface area contributed by atoms with Crippen LogP contribution in [-0.2, 0) is 0 Å². The Hall–Kier alpha value is -4.07. The second kappa shape index (κ2) is 9.76. The number of carbonyl (C=O) groups excluding carboxylic acids is 1. The van der Waals surface area contributed by atoms with E-state index in [-0.39, 0.29) is 27.6 Å². The number of anilines is 1. The number of aromatic nitrogens is 4. The molecule has 37 heavy (non-hydrogen) atoms. The monoisotopic (exact) mass is 532 g/mol.